The fourth-order valence-corrected chi connectivity index (χ4v) is 1.64. The molecule has 1 unspecified atom stereocenters. The third kappa shape index (κ3) is 3.43. The van der Waals surface area contributed by atoms with Gasteiger partial charge in [0.05, 0.1) is 18.3 Å². The minimum Gasteiger partial charge on any atom is -0.478 e. The third-order valence-corrected chi connectivity index (χ3v) is 2.72. The molecule has 0 saturated carbocycles. The van der Waals surface area contributed by atoms with E-state index in [0.717, 1.165) is 6.07 Å². The molecule has 1 aromatic carbocycles. The normalized spacial score (nSPS) is 12.5. The van der Waals surface area contributed by atoms with Crippen LogP contribution in [0.25, 0.3) is 0 Å². The Morgan fingerprint density at radius 1 is 1.50 bits per heavy atom. The number of aromatic carboxylic acids is 1. The predicted molar refractivity (Wildman–Crippen MR) is 67.5 cm³/mol. The Bertz CT molecular complexity index is 421. The molecule has 0 fully saturated rings. The van der Waals surface area contributed by atoms with E-state index in [-0.39, 0.29) is 23.2 Å². The SMILES string of the molecule is COCC(Nc1cccc(F)c1C(=O)O)C(C)C. The van der Waals surface area contributed by atoms with Gasteiger partial charge >= 0.3 is 5.97 Å². The Morgan fingerprint density at radius 3 is 2.67 bits per heavy atom. The number of halogens is 1. The first-order valence-corrected chi connectivity index (χ1v) is 5.74. The van der Waals surface area contributed by atoms with Gasteiger partial charge in [-0.25, -0.2) is 9.18 Å². The number of carbonyl (C=O) groups is 1. The molecule has 0 heterocycles. The summed E-state index contributed by atoms with van der Waals surface area (Å²) in [6.45, 7) is 4.39. The molecule has 18 heavy (non-hydrogen) atoms. The maximum Gasteiger partial charge on any atom is 0.340 e. The molecule has 0 aromatic heterocycles. The number of hydrogen-bond donors (Lipinski definition) is 2. The molecule has 0 spiro atoms. The maximum atomic E-state index is 13.5. The molecule has 0 aliphatic heterocycles. The number of benzene rings is 1. The number of carboxylic acids is 1. The van der Waals surface area contributed by atoms with E-state index in [1.807, 2.05) is 13.8 Å². The molecule has 0 aliphatic rings. The van der Waals surface area contributed by atoms with Gasteiger partial charge < -0.3 is 15.2 Å². The standard InChI is InChI=1S/C13H18FNO3/c1-8(2)11(7-18-3)15-10-6-4-5-9(14)12(10)13(16)17/h4-6,8,11,15H,7H2,1-3H3,(H,16,17). The van der Waals surface area contributed by atoms with Crippen molar-refractivity contribution in [3.8, 4) is 0 Å². The molecular weight excluding hydrogens is 237 g/mol. The van der Waals surface area contributed by atoms with Gasteiger partial charge in [-0.05, 0) is 18.1 Å². The molecule has 0 bridgehead atoms. The molecule has 5 heteroatoms. The van der Waals surface area contributed by atoms with E-state index < -0.39 is 11.8 Å². The van der Waals surface area contributed by atoms with E-state index in [1.165, 1.54) is 6.07 Å². The van der Waals surface area contributed by atoms with Gasteiger partial charge in [0, 0.05) is 7.11 Å². The highest BCUT2D eigenvalue weighted by Gasteiger charge is 2.19. The fraction of sp³-hybridized carbons (Fsp3) is 0.462. The van der Waals surface area contributed by atoms with Crippen molar-refractivity contribution in [1.29, 1.82) is 0 Å². The molecule has 2 N–H and O–H groups in total. The van der Waals surface area contributed by atoms with E-state index in [2.05, 4.69) is 5.32 Å². The van der Waals surface area contributed by atoms with Crippen molar-refractivity contribution in [2.75, 3.05) is 19.0 Å². The molecule has 0 saturated heterocycles. The van der Waals surface area contributed by atoms with E-state index in [1.54, 1.807) is 13.2 Å². The summed E-state index contributed by atoms with van der Waals surface area (Å²) in [7, 11) is 1.57. The van der Waals surface area contributed by atoms with Gasteiger partial charge in [-0.1, -0.05) is 19.9 Å². The average Bonchev–Trinajstić information content (AvgIpc) is 2.27. The van der Waals surface area contributed by atoms with Crippen LogP contribution in [0.1, 0.15) is 24.2 Å². The van der Waals surface area contributed by atoms with Gasteiger partial charge in [0.15, 0.2) is 0 Å². The lowest BCUT2D eigenvalue weighted by molar-refractivity contribution is 0.0692. The summed E-state index contributed by atoms with van der Waals surface area (Å²) < 4.78 is 18.6. The van der Waals surface area contributed by atoms with Crippen molar-refractivity contribution >= 4 is 11.7 Å². The molecule has 4 nitrogen and oxygen atoms in total. The van der Waals surface area contributed by atoms with Crippen molar-refractivity contribution in [3.05, 3.63) is 29.6 Å². The monoisotopic (exact) mass is 255 g/mol. The van der Waals surface area contributed by atoms with E-state index in [0.29, 0.717) is 6.61 Å². The van der Waals surface area contributed by atoms with E-state index in [4.69, 9.17) is 9.84 Å². The number of ether oxygens (including phenoxy) is 1. The molecule has 0 aliphatic carbocycles. The highest BCUT2D eigenvalue weighted by molar-refractivity contribution is 5.94. The number of hydrogen-bond acceptors (Lipinski definition) is 3. The zero-order valence-electron chi connectivity index (χ0n) is 10.7. The Balaban J connectivity index is 3.02. The Hall–Kier alpha value is -1.62. The largest absolute Gasteiger partial charge is 0.478 e. The van der Waals surface area contributed by atoms with E-state index >= 15 is 0 Å². The van der Waals surface area contributed by atoms with Crippen LogP contribution in [0.3, 0.4) is 0 Å². The van der Waals surface area contributed by atoms with Crippen molar-refractivity contribution in [2.45, 2.75) is 19.9 Å². The zero-order chi connectivity index (χ0) is 13.7. The summed E-state index contributed by atoms with van der Waals surface area (Å²) in [4.78, 5) is 11.0. The predicted octanol–water partition coefficient (Wildman–Crippen LogP) is 2.61. The molecule has 0 amide bonds. The molecule has 0 radical (unpaired) electrons. The Kier molecular flexibility index (Phi) is 5.09. The lowest BCUT2D eigenvalue weighted by Crippen LogP contribution is -2.31. The first-order chi connectivity index (χ1) is 8.47. The number of rotatable bonds is 6. The number of nitrogens with one attached hydrogen (secondary N) is 1. The second-order valence-corrected chi connectivity index (χ2v) is 4.42. The quantitative estimate of drug-likeness (QED) is 0.820. The smallest absolute Gasteiger partial charge is 0.340 e. The summed E-state index contributed by atoms with van der Waals surface area (Å²) in [5.74, 6) is -1.79. The molecule has 1 aromatic rings. The third-order valence-electron chi connectivity index (χ3n) is 2.72. The lowest BCUT2D eigenvalue weighted by atomic mass is 10.0. The minimum atomic E-state index is -1.28. The summed E-state index contributed by atoms with van der Waals surface area (Å²) in [6, 6.07) is 4.09. The van der Waals surface area contributed by atoms with Crippen LogP contribution in [-0.2, 0) is 4.74 Å². The summed E-state index contributed by atoms with van der Waals surface area (Å²) in [5, 5.41) is 12.0. The Morgan fingerprint density at radius 2 is 2.17 bits per heavy atom. The van der Waals surface area contributed by atoms with Crippen molar-refractivity contribution in [1.82, 2.24) is 0 Å². The number of methoxy groups -OCH3 is 1. The van der Waals surface area contributed by atoms with Gasteiger partial charge in [0.25, 0.3) is 0 Å². The van der Waals surface area contributed by atoms with E-state index in [9.17, 15) is 9.18 Å². The van der Waals surface area contributed by atoms with Crippen LogP contribution in [0.4, 0.5) is 10.1 Å². The summed E-state index contributed by atoms with van der Waals surface area (Å²) in [5.41, 5.74) is -0.0579. The average molecular weight is 255 g/mol. The highest BCUT2D eigenvalue weighted by atomic mass is 19.1. The Labute approximate surface area is 106 Å². The molecule has 1 atom stereocenters. The van der Waals surface area contributed by atoms with Gasteiger partial charge in [-0.3, -0.25) is 0 Å². The van der Waals surface area contributed by atoms with Crippen LogP contribution < -0.4 is 5.32 Å². The van der Waals surface area contributed by atoms with Gasteiger partial charge in [-0.2, -0.15) is 0 Å². The second-order valence-electron chi connectivity index (χ2n) is 4.42. The lowest BCUT2D eigenvalue weighted by Gasteiger charge is -2.23. The second kappa shape index (κ2) is 6.35. The highest BCUT2D eigenvalue weighted by Crippen LogP contribution is 2.21. The van der Waals surface area contributed by atoms with Crippen LogP contribution >= 0.6 is 0 Å². The van der Waals surface area contributed by atoms with Crippen LogP contribution in [-0.4, -0.2) is 30.8 Å². The minimum absolute atomic E-state index is 0.0742. The first kappa shape index (κ1) is 14.4. The van der Waals surface area contributed by atoms with Crippen LogP contribution in [0.15, 0.2) is 18.2 Å². The summed E-state index contributed by atoms with van der Waals surface area (Å²) >= 11 is 0. The summed E-state index contributed by atoms with van der Waals surface area (Å²) in [6.07, 6.45) is 0. The van der Waals surface area contributed by atoms with Crippen molar-refractivity contribution in [3.63, 3.8) is 0 Å². The number of carboxylic acid groups (broad SMARTS) is 1. The molecule has 100 valence electrons. The van der Waals surface area contributed by atoms with Crippen LogP contribution in [0.2, 0.25) is 0 Å². The number of anilines is 1. The van der Waals surface area contributed by atoms with Crippen molar-refractivity contribution < 1.29 is 19.0 Å². The first-order valence-electron chi connectivity index (χ1n) is 5.74. The fourth-order valence-electron chi connectivity index (χ4n) is 1.64. The van der Waals surface area contributed by atoms with Crippen LogP contribution in [0.5, 0.6) is 0 Å². The molecule has 1 rings (SSSR count). The zero-order valence-corrected chi connectivity index (χ0v) is 10.7. The molecular formula is C13H18FNO3. The maximum absolute atomic E-state index is 13.5. The van der Waals surface area contributed by atoms with Gasteiger partial charge in [-0.15, -0.1) is 0 Å². The van der Waals surface area contributed by atoms with Gasteiger partial charge in [0.2, 0.25) is 0 Å². The van der Waals surface area contributed by atoms with Gasteiger partial charge in [0.1, 0.15) is 11.4 Å². The van der Waals surface area contributed by atoms with Crippen LogP contribution in [0, 0.1) is 11.7 Å². The van der Waals surface area contributed by atoms with Crippen molar-refractivity contribution in [2.24, 2.45) is 5.92 Å². The topological polar surface area (TPSA) is 58.6 Å².